The van der Waals surface area contributed by atoms with E-state index in [2.05, 4.69) is 5.32 Å². The van der Waals surface area contributed by atoms with Gasteiger partial charge in [-0.25, -0.2) is 13.6 Å². The van der Waals surface area contributed by atoms with Crippen LogP contribution in [0.1, 0.15) is 48.0 Å². The molecule has 0 aromatic heterocycles. The lowest BCUT2D eigenvalue weighted by atomic mass is 9.81. The number of rotatable bonds is 3. The van der Waals surface area contributed by atoms with E-state index in [0.29, 0.717) is 12.8 Å². The Labute approximate surface area is 121 Å². The van der Waals surface area contributed by atoms with Gasteiger partial charge < -0.3 is 10.4 Å². The van der Waals surface area contributed by atoms with Gasteiger partial charge in [0.2, 0.25) is 0 Å². The molecule has 2 rings (SSSR count). The van der Waals surface area contributed by atoms with Gasteiger partial charge in [0, 0.05) is 0 Å². The van der Waals surface area contributed by atoms with Crippen LogP contribution >= 0.6 is 0 Å². The molecule has 1 fully saturated rings. The van der Waals surface area contributed by atoms with Crippen molar-refractivity contribution in [2.24, 2.45) is 0 Å². The maximum absolute atomic E-state index is 13.9. The van der Waals surface area contributed by atoms with Crippen molar-refractivity contribution in [1.29, 1.82) is 0 Å². The van der Waals surface area contributed by atoms with Crippen LogP contribution in [0.15, 0.2) is 12.1 Å². The standard InChI is InChI=1S/C15H17F2NO3/c1-9-5-6-10(16)11(12(9)17)13(19)18-15(14(20)21)7-3-2-4-8-15/h5-6H,2-4,7-8H2,1H3,(H,18,19)(H,20,21). The van der Waals surface area contributed by atoms with Gasteiger partial charge in [0.05, 0.1) is 0 Å². The summed E-state index contributed by atoms with van der Waals surface area (Å²) in [6, 6.07) is 2.23. The quantitative estimate of drug-likeness (QED) is 0.901. The van der Waals surface area contributed by atoms with Gasteiger partial charge in [-0.1, -0.05) is 25.3 Å². The highest BCUT2D eigenvalue weighted by molar-refractivity contribution is 5.98. The summed E-state index contributed by atoms with van der Waals surface area (Å²) in [5, 5.41) is 11.7. The van der Waals surface area contributed by atoms with Gasteiger partial charge in [0.1, 0.15) is 22.7 Å². The summed E-state index contributed by atoms with van der Waals surface area (Å²) in [6.45, 7) is 1.42. The number of carbonyl (C=O) groups excluding carboxylic acids is 1. The zero-order valence-corrected chi connectivity index (χ0v) is 11.7. The Morgan fingerprint density at radius 2 is 1.81 bits per heavy atom. The molecule has 1 aliphatic carbocycles. The predicted molar refractivity (Wildman–Crippen MR) is 72.0 cm³/mol. The van der Waals surface area contributed by atoms with Crippen molar-refractivity contribution in [1.82, 2.24) is 5.32 Å². The normalized spacial score (nSPS) is 17.3. The molecule has 1 aromatic rings. The molecule has 114 valence electrons. The summed E-state index contributed by atoms with van der Waals surface area (Å²) in [4.78, 5) is 23.6. The van der Waals surface area contributed by atoms with Gasteiger partial charge in [0.25, 0.3) is 5.91 Å². The van der Waals surface area contributed by atoms with Crippen LogP contribution in [0.2, 0.25) is 0 Å². The van der Waals surface area contributed by atoms with Crippen LogP contribution in [0.4, 0.5) is 8.78 Å². The molecule has 21 heavy (non-hydrogen) atoms. The molecule has 4 nitrogen and oxygen atoms in total. The SMILES string of the molecule is Cc1ccc(F)c(C(=O)NC2(C(=O)O)CCCCC2)c1F. The van der Waals surface area contributed by atoms with Crippen LogP contribution < -0.4 is 5.32 Å². The Morgan fingerprint density at radius 1 is 1.19 bits per heavy atom. The average Bonchev–Trinajstić information content (AvgIpc) is 2.44. The maximum Gasteiger partial charge on any atom is 0.329 e. The Morgan fingerprint density at radius 3 is 2.38 bits per heavy atom. The minimum Gasteiger partial charge on any atom is -0.480 e. The van der Waals surface area contributed by atoms with Crippen LogP contribution in [0, 0.1) is 18.6 Å². The first-order chi connectivity index (χ1) is 9.87. The molecule has 0 unspecified atom stereocenters. The van der Waals surface area contributed by atoms with E-state index < -0.39 is 34.6 Å². The second-order valence-electron chi connectivity index (χ2n) is 5.46. The van der Waals surface area contributed by atoms with E-state index >= 15 is 0 Å². The lowest BCUT2D eigenvalue weighted by Gasteiger charge is -2.34. The summed E-state index contributed by atoms with van der Waals surface area (Å²) >= 11 is 0. The van der Waals surface area contributed by atoms with Gasteiger partial charge >= 0.3 is 5.97 Å². The summed E-state index contributed by atoms with van der Waals surface area (Å²) < 4.78 is 27.7. The number of halogens is 2. The second kappa shape index (κ2) is 5.79. The first-order valence-electron chi connectivity index (χ1n) is 6.88. The highest BCUT2D eigenvalue weighted by Gasteiger charge is 2.41. The summed E-state index contributed by atoms with van der Waals surface area (Å²) in [7, 11) is 0. The van der Waals surface area contributed by atoms with Gasteiger partial charge in [-0.2, -0.15) is 0 Å². The summed E-state index contributed by atoms with van der Waals surface area (Å²) in [6.07, 6.45) is 2.74. The van der Waals surface area contributed by atoms with Crippen LogP contribution in [0.25, 0.3) is 0 Å². The molecule has 0 heterocycles. The molecular weight excluding hydrogens is 280 g/mol. The molecule has 0 aliphatic heterocycles. The minimum atomic E-state index is -1.43. The molecule has 0 bridgehead atoms. The number of amides is 1. The topological polar surface area (TPSA) is 66.4 Å². The predicted octanol–water partition coefficient (Wildman–Crippen LogP) is 2.79. The van der Waals surface area contributed by atoms with E-state index in [1.807, 2.05) is 0 Å². The monoisotopic (exact) mass is 297 g/mol. The highest BCUT2D eigenvalue weighted by atomic mass is 19.1. The molecule has 0 radical (unpaired) electrons. The van der Waals surface area contributed by atoms with E-state index in [4.69, 9.17) is 0 Å². The molecule has 0 atom stereocenters. The molecule has 1 aromatic carbocycles. The van der Waals surface area contributed by atoms with E-state index in [0.717, 1.165) is 12.5 Å². The molecule has 6 heteroatoms. The minimum absolute atomic E-state index is 0.134. The smallest absolute Gasteiger partial charge is 0.329 e. The fourth-order valence-corrected chi connectivity index (χ4v) is 2.69. The third-order valence-electron chi connectivity index (χ3n) is 3.98. The molecule has 1 amide bonds. The third kappa shape index (κ3) is 2.89. The lowest BCUT2D eigenvalue weighted by molar-refractivity contribution is -0.145. The fourth-order valence-electron chi connectivity index (χ4n) is 2.69. The van der Waals surface area contributed by atoms with Crippen molar-refractivity contribution in [3.05, 3.63) is 34.9 Å². The Hall–Kier alpha value is -1.98. The number of nitrogens with one attached hydrogen (secondary N) is 1. The van der Waals surface area contributed by atoms with Crippen LogP contribution in [-0.2, 0) is 4.79 Å². The zero-order valence-electron chi connectivity index (χ0n) is 11.7. The number of carboxylic acids is 1. The number of aliphatic carboxylic acids is 1. The molecule has 0 spiro atoms. The van der Waals surface area contributed by atoms with E-state index in [1.54, 1.807) is 0 Å². The van der Waals surface area contributed by atoms with E-state index in [-0.39, 0.29) is 18.4 Å². The van der Waals surface area contributed by atoms with Crippen molar-refractivity contribution in [3.63, 3.8) is 0 Å². The number of hydrogen-bond donors (Lipinski definition) is 2. The lowest BCUT2D eigenvalue weighted by Crippen LogP contribution is -2.55. The van der Waals surface area contributed by atoms with E-state index in [9.17, 15) is 23.5 Å². The number of carboxylic acid groups (broad SMARTS) is 1. The van der Waals surface area contributed by atoms with Crippen molar-refractivity contribution in [2.45, 2.75) is 44.6 Å². The van der Waals surface area contributed by atoms with Gasteiger partial charge in [-0.3, -0.25) is 4.79 Å². The van der Waals surface area contributed by atoms with Crippen molar-refractivity contribution < 1.29 is 23.5 Å². The first-order valence-corrected chi connectivity index (χ1v) is 6.88. The second-order valence-corrected chi connectivity index (χ2v) is 5.46. The van der Waals surface area contributed by atoms with Crippen molar-refractivity contribution >= 4 is 11.9 Å². The largest absolute Gasteiger partial charge is 0.480 e. The Balaban J connectivity index is 2.32. The summed E-state index contributed by atoms with van der Waals surface area (Å²) in [5.41, 5.74) is -2.02. The Bertz CT molecular complexity index is 581. The van der Waals surface area contributed by atoms with Crippen molar-refractivity contribution in [3.8, 4) is 0 Å². The van der Waals surface area contributed by atoms with Gasteiger partial charge in [-0.15, -0.1) is 0 Å². The van der Waals surface area contributed by atoms with Crippen LogP contribution in [0.3, 0.4) is 0 Å². The zero-order chi connectivity index (χ0) is 15.6. The highest BCUT2D eigenvalue weighted by Crippen LogP contribution is 2.29. The average molecular weight is 297 g/mol. The molecular formula is C15H17F2NO3. The fraction of sp³-hybridized carbons (Fsp3) is 0.467. The number of carbonyl (C=O) groups is 2. The van der Waals surface area contributed by atoms with Crippen LogP contribution in [0.5, 0.6) is 0 Å². The van der Waals surface area contributed by atoms with Gasteiger partial charge in [-0.05, 0) is 31.4 Å². The first kappa shape index (κ1) is 15.4. The van der Waals surface area contributed by atoms with Gasteiger partial charge in [0.15, 0.2) is 0 Å². The number of benzene rings is 1. The Kier molecular flexibility index (Phi) is 4.25. The molecule has 0 saturated heterocycles. The molecule has 1 aliphatic rings. The van der Waals surface area contributed by atoms with E-state index in [1.165, 1.54) is 13.0 Å². The molecule has 1 saturated carbocycles. The molecule has 2 N–H and O–H groups in total. The maximum atomic E-state index is 13.9. The van der Waals surface area contributed by atoms with Crippen molar-refractivity contribution in [2.75, 3.05) is 0 Å². The summed E-state index contributed by atoms with van der Waals surface area (Å²) in [5.74, 6) is -4.13. The van der Waals surface area contributed by atoms with Crippen LogP contribution in [-0.4, -0.2) is 22.5 Å². The number of aryl methyl sites for hydroxylation is 1. The third-order valence-corrected chi connectivity index (χ3v) is 3.98. The number of hydrogen-bond acceptors (Lipinski definition) is 2.